The fraction of sp³-hybridized carbons (Fsp3) is 0.167. The average Bonchev–Trinajstić information content (AvgIpc) is 2.78. The summed E-state index contributed by atoms with van der Waals surface area (Å²) in [6.07, 6.45) is 0. The average molecular weight is 362 g/mol. The van der Waals surface area contributed by atoms with Crippen LogP contribution in [0.4, 0.5) is 0 Å². The summed E-state index contributed by atoms with van der Waals surface area (Å²) < 4.78 is 28.1. The predicted octanol–water partition coefficient (Wildman–Crippen LogP) is 3.82. The molecule has 124 valence electrons. The summed E-state index contributed by atoms with van der Waals surface area (Å²) in [7, 11) is 0. The Morgan fingerprint density at radius 1 is 1.08 bits per heavy atom. The van der Waals surface area contributed by atoms with Gasteiger partial charge in [0.1, 0.15) is 5.76 Å². The highest BCUT2D eigenvalue weighted by atomic mass is 35.5. The van der Waals surface area contributed by atoms with E-state index in [1.54, 1.807) is 19.9 Å². The van der Waals surface area contributed by atoms with Crippen molar-refractivity contribution >= 4 is 39.8 Å². The molecule has 0 radical (unpaired) electrons. The monoisotopic (exact) mass is 361 g/mol. The smallest absolute Gasteiger partial charge is 0.210 e. The first-order chi connectivity index (χ1) is 11.3. The Morgan fingerprint density at radius 2 is 1.75 bits per heavy atom. The quantitative estimate of drug-likeness (QED) is 0.779. The molecular formula is C18H14ClO4S-. The van der Waals surface area contributed by atoms with Gasteiger partial charge < -0.3 is 9.29 Å². The minimum absolute atomic E-state index is 0.00543. The SMILES string of the molecule is CC1(C)OC(c2ccc(S(=O)[O-])c(Cl)c2)=C(c2ccccc2)C1=O. The van der Waals surface area contributed by atoms with Gasteiger partial charge in [-0.05, 0) is 48.7 Å². The maximum absolute atomic E-state index is 12.8. The summed E-state index contributed by atoms with van der Waals surface area (Å²) in [4.78, 5) is 12.8. The highest BCUT2D eigenvalue weighted by Gasteiger charge is 2.42. The molecule has 0 aromatic heterocycles. The topological polar surface area (TPSA) is 66.4 Å². The number of Topliss-reactive ketones (excluding diaryl/α,β-unsaturated/α-hetero) is 1. The van der Waals surface area contributed by atoms with E-state index < -0.39 is 16.7 Å². The summed E-state index contributed by atoms with van der Waals surface area (Å²) in [6.45, 7) is 3.40. The van der Waals surface area contributed by atoms with Crippen LogP contribution < -0.4 is 0 Å². The van der Waals surface area contributed by atoms with Gasteiger partial charge in [-0.2, -0.15) is 0 Å². The molecule has 1 atom stereocenters. The summed E-state index contributed by atoms with van der Waals surface area (Å²) in [5.41, 5.74) is 0.780. The molecule has 0 bridgehead atoms. The summed E-state index contributed by atoms with van der Waals surface area (Å²) in [5.74, 6) is 0.276. The Kier molecular flexibility index (Phi) is 4.34. The van der Waals surface area contributed by atoms with Crippen LogP contribution in [0.5, 0.6) is 0 Å². The lowest BCUT2D eigenvalue weighted by Crippen LogP contribution is -2.29. The minimum atomic E-state index is -2.42. The van der Waals surface area contributed by atoms with Crippen molar-refractivity contribution in [2.24, 2.45) is 0 Å². The molecule has 0 amide bonds. The van der Waals surface area contributed by atoms with Crippen LogP contribution in [0.2, 0.25) is 5.02 Å². The maximum Gasteiger partial charge on any atom is 0.210 e. The summed E-state index contributed by atoms with van der Waals surface area (Å²) >= 11 is 3.62. The lowest BCUT2D eigenvalue weighted by molar-refractivity contribution is -0.125. The van der Waals surface area contributed by atoms with E-state index in [0.29, 0.717) is 16.9 Å². The fourth-order valence-corrected chi connectivity index (χ4v) is 3.37. The van der Waals surface area contributed by atoms with Gasteiger partial charge in [0.2, 0.25) is 5.78 Å². The first-order valence-electron chi connectivity index (χ1n) is 7.24. The van der Waals surface area contributed by atoms with Gasteiger partial charge in [0.15, 0.2) is 5.60 Å². The molecule has 0 fully saturated rings. The Labute approximate surface area is 147 Å². The molecule has 3 rings (SSSR count). The molecule has 0 saturated heterocycles. The molecular weight excluding hydrogens is 348 g/mol. The second kappa shape index (κ2) is 6.16. The molecule has 1 unspecified atom stereocenters. The lowest BCUT2D eigenvalue weighted by Gasteiger charge is -2.18. The third kappa shape index (κ3) is 2.90. The van der Waals surface area contributed by atoms with Crippen LogP contribution in [-0.4, -0.2) is 20.1 Å². The number of ketones is 1. The Balaban J connectivity index is 2.19. The van der Waals surface area contributed by atoms with Crippen molar-refractivity contribution in [1.29, 1.82) is 0 Å². The molecule has 2 aromatic carbocycles. The molecule has 6 heteroatoms. The van der Waals surface area contributed by atoms with Crippen LogP contribution in [0.15, 0.2) is 53.4 Å². The van der Waals surface area contributed by atoms with E-state index in [2.05, 4.69) is 0 Å². The molecule has 1 aliphatic heterocycles. The van der Waals surface area contributed by atoms with Gasteiger partial charge in [-0.3, -0.25) is 9.00 Å². The second-order valence-electron chi connectivity index (χ2n) is 5.89. The van der Waals surface area contributed by atoms with E-state index >= 15 is 0 Å². The number of carbonyl (C=O) groups excluding carboxylic acids is 1. The highest BCUT2D eigenvalue weighted by Crippen LogP contribution is 2.42. The van der Waals surface area contributed by atoms with E-state index in [-0.39, 0.29) is 15.7 Å². The first-order valence-corrected chi connectivity index (χ1v) is 8.69. The number of halogens is 1. The van der Waals surface area contributed by atoms with Crippen LogP contribution in [0, 0.1) is 0 Å². The van der Waals surface area contributed by atoms with Gasteiger partial charge in [0, 0.05) is 10.5 Å². The van der Waals surface area contributed by atoms with Crippen LogP contribution in [0.25, 0.3) is 11.3 Å². The standard InChI is InChI=1S/C18H15ClO4S/c1-18(2)17(20)15(11-6-4-3-5-7-11)16(23-18)12-8-9-14(24(21)22)13(19)10-12/h3-10H,1-2H3,(H,21,22)/p-1. The number of benzene rings is 2. The molecule has 0 spiro atoms. The van der Waals surface area contributed by atoms with Crippen LogP contribution in [-0.2, 0) is 20.6 Å². The first kappa shape index (κ1) is 16.9. The number of ether oxygens (including phenoxy) is 1. The third-order valence-corrected chi connectivity index (χ3v) is 4.93. The van der Waals surface area contributed by atoms with Gasteiger partial charge in [-0.15, -0.1) is 0 Å². The molecule has 0 saturated carbocycles. The van der Waals surface area contributed by atoms with Crippen molar-refractivity contribution in [2.45, 2.75) is 24.3 Å². The molecule has 2 aromatic rings. The second-order valence-corrected chi connectivity index (χ2v) is 7.21. The molecule has 1 heterocycles. The van der Waals surface area contributed by atoms with Crippen molar-refractivity contribution in [3.63, 3.8) is 0 Å². The van der Waals surface area contributed by atoms with E-state index in [9.17, 15) is 13.6 Å². The molecule has 1 aliphatic rings. The van der Waals surface area contributed by atoms with Gasteiger partial charge in [-0.1, -0.05) is 41.9 Å². The summed E-state index contributed by atoms with van der Waals surface area (Å²) in [6, 6.07) is 13.7. The van der Waals surface area contributed by atoms with Crippen LogP contribution in [0.1, 0.15) is 25.0 Å². The predicted molar refractivity (Wildman–Crippen MR) is 92.1 cm³/mol. The number of hydrogen-bond acceptors (Lipinski definition) is 4. The lowest BCUT2D eigenvalue weighted by atomic mass is 9.93. The molecule has 0 N–H and O–H groups in total. The Morgan fingerprint density at radius 3 is 2.33 bits per heavy atom. The van der Waals surface area contributed by atoms with Crippen molar-refractivity contribution in [3.8, 4) is 0 Å². The number of hydrogen-bond donors (Lipinski definition) is 0. The van der Waals surface area contributed by atoms with Gasteiger partial charge in [0.05, 0.1) is 10.6 Å². The molecule has 0 aliphatic carbocycles. The Hall–Kier alpha value is -1.95. The number of rotatable bonds is 3. The zero-order valence-electron chi connectivity index (χ0n) is 13.0. The highest BCUT2D eigenvalue weighted by molar-refractivity contribution is 7.79. The maximum atomic E-state index is 12.8. The Bertz CT molecular complexity index is 872. The third-order valence-electron chi connectivity index (χ3n) is 3.79. The van der Waals surface area contributed by atoms with E-state index in [4.69, 9.17) is 16.3 Å². The number of carbonyl (C=O) groups is 1. The van der Waals surface area contributed by atoms with Crippen molar-refractivity contribution in [2.75, 3.05) is 0 Å². The molecule has 24 heavy (non-hydrogen) atoms. The largest absolute Gasteiger partial charge is 0.768 e. The van der Waals surface area contributed by atoms with E-state index in [1.165, 1.54) is 12.1 Å². The van der Waals surface area contributed by atoms with Crippen LogP contribution in [0.3, 0.4) is 0 Å². The zero-order chi connectivity index (χ0) is 17.5. The van der Waals surface area contributed by atoms with Crippen molar-refractivity contribution in [1.82, 2.24) is 0 Å². The van der Waals surface area contributed by atoms with Crippen LogP contribution >= 0.6 is 11.6 Å². The normalized spacial score (nSPS) is 17.8. The van der Waals surface area contributed by atoms with E-state index in [1.807, 2.05) is 30.3 Å². The van der Waals surface area contributed by atoms with E-state index in [0.717, 1.165) is 5.56 Å². The van der Waals surface area contributed by atoms with Crippen molar-refractivity contribution in [3.05, 3.63) is 64.7 Å². The fourth-order valence-electron chi connectivity index (χ4n) is 2.60. The van der Waals surface area contributed by atoms with Gasteiger partial charge in [0.25, 0.3) is 0 Å². The van der Waals surface area contributed by atoms with Gasteiger partial charge >= 0.3 is 0 Å². The van der Waals surface area contributed by atoms with Crippen molar-refractivity contribution < 1.29 is 18.3 Å². The molecule has 4 nitrogen and oxygen atoms in total. The zero-order valence-corrected chi connectivity index (χ0v) is 14.6. The van der Waals surface area contributed by atoms with Gasteiger partial charge in [-0.25, -0.2) is 0 Å². The minimum Gasteiger partial charge on any atom is -0.768 e. The summed E-state index contributed by atoms with van der Waals surface area (Å²) in [5, 5.41) is 0.0847.